The van der Waals surface area contributed by atoms with Crippen LogP contribution in [0, 0.1) is 11.3 Å². The number of benzene rings is 5. The molecule has 0 unspecified atom stereocenters. The molecule has 0 aliphatic carbocycles. The van der Waals surface area contributed by atoms with Crippen LogP contribution in [0.2, 0.25) is 0 Å². The van der Waals surface area contributed by atoms with Crippen molar-refractivity contribution < 1.29 is 0 Å². The van der Waals surface area contributed by atoms with Crippen LogP contribution >= 0.6 is 0 Å². The van der Waals surface area contributed by atoms with Crippen LogP contribution in [0.3, 0.4) is 0 Å². The first-order valence-corrected chi connectivity index (χ1v) is 13.3. The Hall–Kier alpha value is -5.66. The van der Waals surface area contributed by atoms with Crippen LogP contribution in [0.5, 0.6) is 0 Å². The van der Waals surface area contributed by atoms with E-state index in [9.17, 15) is 5.26 Å². The first kappa shape index (κ1) is 22.3. The van der Waals surface area contributed by atoms with E-state index in [2.05, 4.69) is 135 Å². The summed E-state index contributed by atoms with van der Waals surface area (Å²) in [4.78, 5) is 4.38. The van der Waals surface area contributed by atoms with Crippen LogP contribution in [0.15, 0.2) is 134 Å². The van der Waals surface area contributed by atoms with Gasteiger partial charge in [0.05, 0.1) is 27.6 Å². The van der Waals surface area contributed by atoms with Crippen LogP contribution in [0.25, 0.3) is 66.1 Å². The van der Waals surface area contributed by atoms with Crippen molar-refractivity contribution in [2.45, 2.75) is 0 Å². The molecule has 40 heavy (non-hydrogen) atoms. The zero-order chi connectivity index (χ0) is 26.6. The maximum Gasteiger partial charge on any atom is 0.101 e. The molecule has 0 N–H and O–H groups in total. The van der Waals surface area contributed by atoms with Crippen molar-refractivity contribution in [3.8, 4) is 28.6 Å². The summed E-state index contributed by atoms with van der Waals surface area (Å²) in [7, 11) is 0. The lowest BCUT2D eigenvalue weighted by Gasteiger charge is -2.16. The van der Waals surface area contributed by atoms with E-state index in [1.54, 1.807) is 6.20 Å². The molecule has 8 rings (SSSR count). The van der Waals surface area contributed by atoms with Crippen molar-refractivity contribution in [2.24, 2.45) is 0 Å². The van der Waals surface area contributed by atoms with Gasteiger partial charge in [0.25, 0.3) is 0 Å². The smallest absolute Gasteiger partial charge is 0.101 e. The molecule has 0 radical (unpaired) electrons. The van der Waals surface area contributed by atoms with Crippen molar-refractivity contribution in [1.82, 2.24) is 14.1 Å². The molecular weight excluding hydrogens is 488 g/mol. The van der Waals surface area contributed by atoms with Crippen LogP contribution in [-0.4, -0.2) is 14.1 Å². The van der Waals surface area contributed by atoms with Crippen LogP contribution in [0.4, 0.5) is 0 Å². The molecular formula is C36H22N4. The second kappa shape index (κ2) is 8.69. The van der Waals surface area contributed by atoms with Crippen molar-refractivity contribution in [3.63, 3.8) is 0 Å². The minimum absolute atomic E-state index is 0.540. The number of fused-ring (bicyclic) bond motifs is 6. The van der Waals surface area contributed by atoms with Gasteiger partial charge in [0.15, 0.2) is 0 Å². The Kier molecular flexibility index (Phi) is 4.85. The highest BCUT2D eigenvalue weighted by Gasteiger charge is 2.17. The minimum atomic E-state index is 0.540. The van der Waals surface area contributed by atoms with E-state index in [0.717, 1.165) is 44.6 Å². The van der Waals surface area contributed by atoms with Crippen molar-refractivity contribution in [3.05, 3.63) is 139 Å². The summed E-state index contributed by atoms with van der Waals surface area (Å²) in [6, 6.07) is 45.1. The van der Waals surface area contributed by atoms with Crippen molar-refractivity contribution in [1.29, 1.82) is 5.26 Å². The predicted octanol–water partition coefficient (Wildman–Crippen LogP) is 8.81. The van der Waals surface area contributed by atoms with E-state index in [1.807, 2.05) is 12.3 Å². The van der Waals surface area contributed by atoms with Gasteiger partial charge >= 0.3 is 0 Å². The Morgan fingerprint density at radius 2 is 0.900 bits per heavy atom. The number of aromatic nitrogens is 3. The maximum absolute atomic E-state index is 9.59. The first-order chi connectivity index (χ1) is 19.8. The van der Waals surface area contributed by atoms with E-state index < -0.39 is 0 Å². The molecule has 0 aliphatic heterocycles. The number of para-hydroxylation sites is 4. The Morgan fingerprint density at radius 1 is 0.475 bits per heavy atom. The summed E-state index contributed by atoms with van der Waals surface area (Å²) in [5, 5.41) is 14.5. The quantitative estimate of drug-likeness (QED) is 0.238. The molecule has 0 fully saturated rings. The highest BCUT2D eigenvalue weighted by molar-refractivity contribution is 6.10. The second-order valence-electron chi connectivity index (χ2n) is 10.1. The standard InChI is InChI=1S/C36H22N4/c37-21-24-17-26(23-38-22-24)25-18-27(39-33-13-5-1-9-29(33)30-10-2-6-14-34(30)39)20-28(19-25)40-35-15-7-3-11-31(35)32-12-4-8-16-36(32)40/h1-20,22-23H. The molecule has 5 aromatic carbocycles. The molecule has 4 nitrogen and oxygen atoms in total. The van der Waals surface area contributed by atoms with E-state index >= 15 is 0 Å². The zero-order valence-corrected chi connectivity index (χ0v) is 21.5. The topological polar surface area (TPSA) is 46.5 Å². The number of hydrogen-bond donors (Lipinski definition) is 0. The SMILES string of the molecule is N#Cc1cncc(-c2cc(-n3c4ccccc4c4ccccc43)cc(-n3c4ccccc4c4ccccc43)c2)c1. The maximum atomic E-state index is 9.59. The molecule has 186 valence electrons. The summed E-state index contributed by atoms with van der Waals surface area (Å²) in [5.41, 5.74) is 9.15. The summed E-state index contributed by atoms with van der Waals surface area (Å²) >= 11 is 0. The Labute approximate surface area is 230 Å². The fourth-order valence-electron chi connectivity index (χ4n) is 6.08. The molecule has 0 saturated carbocycles. The average Bonchev–Trinajstić information content (AvgIpc) is 3.54. The van der Waals surface area contributed by atoms with Gasteiger partial charge in [0.2, 0.25) is 0 Å². The third kappa shape index (κ3) is 3.28. The van der Waals surface area contributed by atoms with Crippen molar-refractivity contribution >= 4 is 43.6 Å². The summed E-state index contributed by atoms with van der Waals surface area (Å²) in [5.74, 6) is 0. The van der Waals surface area contributed by atoms with E-state index in [4.69, 9.17) is 0 Å². The molecule has 0 atom stereocenters. The summed E-state index contributed by atoms with van der Waals surface area (Å²) in [6.07, 6.45) is 3.44. The number of nitrogens with zero attached hydrogens (tertiary/aromatic N) is 4. The van der Waals surface area contributed by atoms with Gasteiger partial charge in [-0.1, -0.05) is 72.8 Å². The Bertz CT molecular complexity index is 2060. The lowest BCUT2D eigenvalue weighted by molar-refractivity contribution is 1.13. The van der Waals surface area contributed by atoms with Crippen LogP contribution < -0.4 is 0 Å². The molecule has 0 aliphatic rings. The van der Waals surface area contributed by atoms with Gasteiger partial charge in [-0.3, -0.25) is 4.98 Å². The summed E-state index contributed by atoms with van der Waals surface area (Å²) in [6.45, 7) is 0. The lowest BCUT2D eigenvalue weighted by atomic mass is 10.0. The highest BCUT2D eigenvalue weighted by Crippen LogP contribution is 2.37. The monoisotopic (exact) mass is 510 g/mol. The minimum Gasteiger partial charge on any atom is -0.309 e. The average molecular weight is 511 g/mol. The lowest BCUT2D eigenvalue weighted by Crippen LogP contribution is -2.00. The van der Waals surface area contributed by atoms with E-state index in [1.165, 1.54) is 21.5 Å². The molecule has 4 heteroatoms. The third-order valence-corrected chi connectivity index (χ3v) is 7.78. The van der Waals surface area contributed by atoms with Gasteiger partial charge in [-0.15, -0.1) is 0 Å². The normalized spacial score (nSPS) is 11.5. The van der Waals surface area contributed by atoms with Gasteiger partial charge in [0, 0.05) is 50.9 Å². The molecule has 0 bridgehead atoms. The number of nitriles is 1. The Balaban J connectivity index is 1.51. The van der Waals surface area contributed by atoms with Crippen molar-refractivity contribution in [2.75, 3.05) is 0 Å². The number of rotatable bonds is 3. The highest BCUT2D eigenvalue weighted by atomic mass is 15.0. The molecule has 0 amide bonds. The van der Waals surface area contributed by atoms with Gasteiger partial charge < -0.3 is 9.13 Å². The molecule has 0 saturated heterocycles. The third-order valence-electron chi connectivity index (χ3n) is 7.78. The van der Waals surface area contributed by atoms with Crippen LogP contribution in [-0.2, 0) is 0 Å². The van der Waals surface area contributed by atoms with Gasteiger partial charge in [-0.25, -0.2) is 0 Å². The largest absolute Gasteiger partial charge is 0.309 e. The second-order valence-corrected chi connectivity index (χ2v) is 10.1. The number of hydrogen-bond acceptors (Lipinski definition) is 2. The zero-order valence-electron chi connectivity index (χ0n) is 21.5. The van der Waals surface area contributed by atoms with Gasteiger partial charge in [-0.2, -0.15) is 5.26 Å². The molecule has 0 spiro atoms. The fourth-order valence-corrected chi connectivity index (χ4v) is 6.08. The predicted molar refractivity (Wildman–Crippen MR) is 163 cm³/mol. The molecule has 8 aromatic rings. The Morgan fingerprint density at radius 3 is 1.32 bits per heavy atom. The fraction of sp³-hybridized carbons (Fsp3) is 0. The van der Waals surface area contributed by atoms with E-state index in [-0.39, 0.29) is 0 Å². The number of pyridine rings is 1. The van der Waals surface area contributed by atoms with E-state index in [0.29, 0.717) is 5.56 Å². The molecule has 3 heterocycles. The van der Waals surface area contributed by atoms with Gasteiger partial charge in [-0.05, 0) is 54.1 Å². The summed E-state index contributed by atoms with van der Waals surface area (Å²) < 4.78 is 4.68. The van der Waals surface area contributed by atoms with Gasteiger partial charge in [0.1, 0.15) is 6.07 Å². The first-order valence-electron chi connectivity index (χ1n) is 13.3. The van der Waals surface area contributed by atoms with Crippen LogP contribution in [0.1, 0.15) is 5.56 Å². The molecule has 3 aromatic heterocycles.